The summed E-state index contributed by atoms with van der Waals surface area (Å²) >= 11 is 0. The van der Waals surface area contributed by atoms with Crippen LogP contribution in [0.15, 0.2) is 54.6 Å². The largest absolute Gasteiger partial charge is 0.460 e. The normalized spacial score (nSPS) is 22.0. The number of amides is 3. The number of hydrogen-bond acceptors (Lipinski definition) is 7. The number of carbonyl (C=O) groups is 5. The molecule has 0 radical (unpaired) electrons. The highest BCUT2D eigenvalue weighted by atomic mass is 16.5. The summed E-state index contributed by atoms with van der Waals surface area (Å²) in [4.78, 5) is 66.2. The molecule has 6 atom stereocenters. The van der Waals surface area contributed by atoms with Crippen LogP contribution in [0.5, 0.6) is 5.75 Å². The molecule has 3 amide bonds. The van der Waals surface area contributed by atoms with Crippen LogP contribution in [0, 0.1) is 11.8 Å². The molecule has 0 aromatic heterocycles. The summed E-state index contributed by atoms with van der Waals surface area (Å²) in [6, 6.07) is 12.4. The molecular formula is C38H53N3O7. The molecule has 48 heavy (non-hydrogen) atoms. The zero-order valence-electron chi connectivity index (χ0n) is 29.1. The van der Waals surface area contributed by atoms with Crippen molar-refractivity contribution in [1.29, 1.82) is 0 Å². The second-order valence-electron chi connectivity index (χ2n) is 13.0. The predicted octanol–water partition coefficient (Wildman–Crippen LogP) is 5.67. The number of cyclic esters (lactones) is 1. The highest BCUT2D eigenvalue weighted by molar-refractivity contribution is 5.94. The molecule has 10 nitrogen and oxygen atoms in total. The Morgan fingerprint density at radius 1 is 0.833 bits per heavy atom. The van der Waals surface area contributed by atoms with Crippen LogP contribution in [0.4, 0.5) is 0 Å². The lowest BCUT2D eigenvalue weighted by molar-refractivity contribution is -0.158. The van der Waals surface area contributed by atoms with E-state index in [2.05, 4.69) is 22.9 Å². The van der Waals surface area contributed by atoms with Crippen molar-refractivity contribution in [3.63, 3.8) is 0 Å². The van der Waals surface area contributed by atoms with Crippen LogP contribution in [0.2, 0.25) is 0 Å². The van der Waals surface area contributed by atoms with Gasteiger partial charge in [0.1, 0.15) is 30.0 Å². The summed E-state index contributed by atoms with van der Waals surface area (Å²) in [7, 11) is 0. The minimum atomic E-state index is -1.01. The first kappa shape index (κ1) is 38.2. The van der Waals surface area contributed by atoms with Crippen molar-refractivity contribution < 1.29 is 33.4 Å². The minimum Gasteiger partial charge on any atom is -0.460 e. The lowest BCUT2D eigenvalue weighted by Crippen LogP contribution is -2.55. The average Bonchev–Trinajstić information content (AvgIpc) is 3.08. The Kier molecular flexibility index (Phi) is 15.6. The van der Waals surface area contributed by atoms with Crippen molar-refractivity contribution in [2.24, 2.45) is 11.8 Å². The molecule has 262 valence electrons. The van der Waals surface area contributed by atoms with E-state index in [4.69, 9.17) is 9.47 Å². The third-order valence-electron chi connectivity index (χ3n) is 9.05. The van der Waals surface area contributed by atoms with E-state index in [1.165, 1.54) is 26.2 Å². The van der Waals surface area contributed by atoms with Gasteiger partial charge < -0.3 is 25.4 Å². The molecule has 3 N–H and O–H groups in total. The first-order chi connectivity index (χ1) is 23.0. The number of rotatable bonds is 14. The monoisotopic (exact) mass is 663 g/mol. The van der Waals surface area contributed by atoms with Crippen molar-refractivity contribution in [3.05, 3.63) is 65.7 Å². The first-order valence-corrected chi connectivity index (χ1v) is 17.5. The predicted molar refractivity (Wildman–Crippen MR) is 184 cm³/mol. The summed E-state index contributed by atoms with van der Waals surface area (Å²) in [5, 5.41) is 8.33. The van der Waals surface area contributed by atoms with Crippen molar-refractivity contribution in [1.82, 2.24) is 16.0 Å². The van der Waals surface area contributed by atoms with Gasteiger partial charge in [-0.3, -0.25) is 14.4 Å². The van der Waals surface area contributed by atoms with E-state index in [9.17, 15) is 24.0 Å². The molecule has 1 aliphatic rings. The fraction of sp³-hybridized carbons (Fsp3) is 0.553. The van der Waals surface area contributed by atoms with Crippen LogP contribution < -0.4 is 20.7 Å². The lowest BCUT2D eigenvalue weighted by Gasteiger charge is -2.29. The quantitative estimate of drug-likeness (QED) is 0.134. The van der Waals surface area contributed by atoms with Gasteiger partial charge in [-0.15, -0.1) is 0 Å². The molecule has 1 aliphatic heterocycles. The van der Waals surface area contributed by atoms with E-state index in [0.29, 0.717) is 23.3 Å². The topological polar surface area (TPSA) is 140 Å². The molecule has 0 spiro atoms. The van der Waals surface area contributed by atoms with E-state index in [0.717, 1.165) is 25.7 Å². The van der Waals surface area contributed by atoms with Gasteiger partial charge in [0, 0.05) is 6.42 Å². The maximum absolute atomic E-state index is 13.5. The zero-order chi connectivity index (χ0) is 35.1. The molecule has 10 heteroatoms. The van der Waals surface area contributed by atoms with Crippen LogP contribution >= 0.6 is 0 Å². The first-order valence-electron chi connectivity index (χ1n) is 17.5. The van der Waals surface area contributed by atoms with Crippen LogP contribution in [-0.4, -0.2) is 53.9 Å². The lowest BCUT2D eigenvalue weighted by atomic mass is 9.93. The van der Waals surface area contributed by atoms with Gasteiger partial charge in [-0.05, 0) is 55.0 Å². The van der Waals surface area contributed by atoms with Gasteiger partial charge >= 0.3 is 11.9 Å². The summed E-state index contributed by atoms with van der Waals surface area (Å²) in [6.45, 7) is 9.47. The zero-order valence-corrected chi connectivity index (χ0v) is 29.1. The molecular weight excluding hydrogens is 610 g/mol. The van der Waals surface area contributed by atoms with E-state index >= 15 is 0 Å². The Morgan fingerprint density at radius 3 is 2.17 bits per heavy atom. The van der Waals surface area contributed by atoms with Crippen LogP contribution in [-0.2, 0) is 30.3 Å². The third-order valence-corrected chi connectivity index (χ3v) is 9.05. The van der Waals surface area contributed by atoms with Crippen molar-refractivity contribution in [2.45, 2.75) is 123 Å². The Balaban J connectivity index is 1.79. The summed E-state index contributed by atoms with van der Waals surface area (Å²) in [5.41, 5.74) is 1.12. The molecule has 0 aliphatic carbocycles. The molecule has 0 bridgehead atoms. The molecule has 1 heterocycles. The van der Waals surface area contributed by atoms with Crippen LogP contribution in [0.25, 0.3) is 0 Å². The number of ether oxygens (including phenoxy) is 2. The molecule has 2 aromatic carbocycles. The second-order valence-corrected chi connectivity index (χ2v) is 13.0. The third kappa shape index (κ3) is 12.1. The van der Waals surface area contributed by atoms with Crippen molar-refractivity contribution in [3.8, 4) is 5.75 Å². The fourth-order valence-corrected chi connectivity index (χ4v) is 5.66. The molecule has 3 rings (SSSR count). The second kappa shape index (κ2) is 19.6. The van der Waals surface area contributed by atoms with Crippen LogP contribution in [0.1, 0.15) is 108 Å². The Hall–Kier alpha value is -4.21. The molecule has 1 saturated heterocycles. The SMILES string of the molecule is CCCCCCCCC(C)C1CC(=O)NC(Cc2ccc(OC(=O)c3ccccc3)cc2)C(=O)NC(C)C(=O)NC(C(C)CC)C(=O)O1. The fourth-order valence-electron chi connectivity index (χ4n) is 5.66. The van der Waals surface area contributed by atoms with Crippen molar-refractivity contribution in [2.75, 3.05) is 0 Å². The van der Waals surface area contributed by atoms with E-state index in [-0.39, 0.29) is 24.7 Å². The summed E-state index contributed by atoms with van der Waals surface area (Å²) in [6.07, 6.45) is 7.39. The number of benzene rings is 2. The molecule has 0 saturated carbocycles. The number of nitrogens with one attached hydrogen (secondary N) is 3. The Bertz CT molecular complexity index is 1350. The van der Waals surface area contributed by atoms with E-state index < -0.39 is 53.9 Å². The number of carbonyl (C=O) groups excluding carboxylic acids is 5. The maximum Gasteiger partial charge on any atom is 0.343 e. The molecule has 2 aromatic rings. The van der Waals surface area contributed by atoms with E-state index in [1.807, 2.05) is 26.8 Å². The minimum absolute atomic E-state index is 0.110. The van der Waals surface area contributed by atoms with Gasteiger partial charge in [0.2, 0.25) is 17.7 Å². The van der Waals surface area contributed by atoms with Gasteiger partial charge in [0.15, 0.2) is 0 Å². The van der Waals surface area contributed by atoms with E-state index in [1.54, 1.807) is 48.5 Å². The maximum atomic E-state index is 13.5. The number of unbranched alkanes of at least 4 members (excludes halogenated alkanes) is 5. The van der Waals surface area contributed by atoms with Gasteiger partial charge in [-0.25, -0.2) is 9.59 Å². The van der Waals surface area contributed by atoms with Crippen molar-refractivity contribution >= 4 is 29.7 Å². The summed E-state index contributed by atoms with van der Waals surface area (Å²) < 4.78 is 11.5. The Labute approximate surface area is 285 Å². The van der Waals surface area contributed by atoms with Gasteiger partial charge in [0.25, 0.3) is 0 Å². The standard InChI is InChI=1S/C38H53N3O7/c1-6-8-9-10-11-13-16-26(4)32-24-33(42)40-31(36(44)39-27(5)35(43)41-34(25(3)7-2)38(46)48-32)23-28-19-21-30(22-20-28)47-37(45)29-17-14-12-15-18-29/h12,14-15,17-22,25-27,31-32,34H,6-11,13,16,23-24H2,1-5H3,(H,39,44)(H,40,42)(H,41,43). The van der Waals surface area contributed by atoms with Gasteiger partial charge in [-0.2, -0.15) is 0 Å². The van der Waals surface area contributed by atoms with Gasteiger partial charge in [0.05, 0.1) is 12.0 Å². The average molecular weight is 664 g/mol. The highest BCUT2D eigenvalue weighted by Crippen LogP contribution is 2.23. The smallest absolute Gasteiger partial charge is 0.343 e. The summed E-state index contributed by atoms with van der Waals surface area (Å²) in [5.74, 6) is -2.54. The van der Waals surface area contributed by atoms with Gasteiger partial charge in [-0.1, -0.05) is 103 Å². The molecule has 6 unspecified atom stereocenters. The molecule has 1 fully saturated rings. The Morgan fingerprint density at radius 2 is 1.50 bits per heavy atom. The highest BCUT2D eigenvalue weighted by Gasteiger charge is 2.35. The van der Waals surface area contributed by atoms with Crippen LogP contribution in [0.3, 0.4) is 0 Å². The number of hydrogen-bond donors (Lipinski definition) is 3. The number of esters is 2.